The van der Waals surface area contributed by atoms with Crippen LogP contribution in [0, 0.1) is 10.8 Å². The van der Waals surface area contributed by atoms with Crippen LogP contribution in [0.1, 0.15) is 87.6 Å². The minimum absolute atomic E-state index is 0.0475. The lowest BCUT2D eigenvalue weighted by Gasteiger charge is -2.32. The number of nitrogens with one attached hydrogen (secondary N) is 2. The third kappa shape index (κ3) is 17.8. The molecule has 0 aliphatic rings. The molecule has 0 bridgehead atoms. The van der Waals surface area contributed by atoms with Gasteiger partial charge in [0.25, 0.3) is 0 Å². The van der Waals surface area contributed by atoms with Gasteiger partial charge in [0.2, 0.25) is 20.0 Å². The van der Waals surface area contributed by atoms with Gasteiger partial charge in [-0.3, -0.25) is 0 Å². The SMILES string of the molecule is C=CS(=O)(=O)NC(C)(C)CC(C)(C)C.CC(C)(C)CC(C)(C)NS(=O)(=O)/C=C/c1ccc(Cl)cc1. The van der Waals surface area contributed by atoms with Crippen molar-refractivity contribution in [1.82, 2.24) is 9.44 Å². The summed E-state index contributed by atoms with van der Waals surface area (Å²) in [5, 5.41) is 2.76. The highest BCUT2D eigenvalue weighted by Crippen LogP contribution is 2.28. The van der Waals surface area contributed by atoms with Crippen LogP contribution in [0.5, 0.6) is 0 Å². The van der Waals surface area contributed by atoms with Gasteiger partial charge >= 0.3 is 0 Å². The highest BCUT2D eigenvalue weighted by molar-refractivity contribution is 7.92. The van der Waals surface area contributed by atoms with Gasteiger partial charge in [-0.15, -0.1) is 0 Å². The zero-order chi connectivity index (χ0) is 27.9. The Balaban J connectivity index is 0.000000720. The van der Waals surface area contributed by atoms with Crippen LogP contribution >= 0.6 is 11.6 Å². The topological polar surface area (TPSA) is 92.3 Å². The summed E-state index contributed by atoms with van der Waals surface area (Å²) in [6.45, 7) is 23.3. The first-order valence-electron chi connectivity index (χ1n) is 11.5. The molecule has 0 atom stereocenters. The fourth-order valence-electron chi connectivity index (χ4n) is 4.31. The van der Waals surface area contributed by atoms with Crippen LogP contribution in [0.3, 0.4) is 0 Å². The Morgan fingerprint density at radius 3 is 1.46 bits per heavy atom. The molecule has 9 heteroatoms. The van der Waals surface area contributed by atoms with Crippen molar-refractivity contribution in [3.63, 3.8) is 0 Å². The van der Waals surface area contributed by atoms with E-state index in [1.54, 1.807) is 30.3 Å². The van der Waals surface area contributed by atoms with Gasteiger partial charge in [-0.2, -0.15) is 0 Å². The molecule has 0 spiro atoms. The quantitative estimate of drug-likeness (QED) is 0.358. The summed E-state index contributed by atoms with van der Waals surface area (Å²) in [6, 6.07) is 7.00. The molecule has 0 unspecified atom stereocenters. The Bertz CT molecular complexity index is 1060. The summed E-state index contributed by atoms with van der Waals surface area (Å²) in [5.41, 5.74) is -0.00962. The Hall–Kier alpha value is -1.19. The molecule has 0 saturated heterocycles. The van der Waals surface area contributed by atoms with E-state index in [4.69, 9.17) is 11.6 Å². The fourth-order valence-corrected chi connectivity index (χ4v) is 6.61. The first-order valence-corrected chi connectivity index (χ1v) is 15.0. The molecule has 0 fully saturated rings. The molecule has 2 N–H and O–H groups in total. The Morgan fingerprint density at radius 1 is 0.743 bits per heavy atom. The molecule has 1 rings (SSSR count). The number of halogens is 1. The maximum absolute atomic E-state index is 12.1. The summed E-state index contributed by atoms with van der Waals surface area (Å²) < 4.78 is 52.2. The number of hydrogen-bond donors (Lipinski definition) is 2. The number of hydrogen-bond acceptors (Lipinski definition) is 4. The normalized spacial score (nSPS) is 13.9. The fraction of sp³-hybridized carbons (Fsp3) is 0.615. The van der Waals surface area contributed by atoms with Crippen molar-refractivity contribution >= 4 is 37.7 Å². The van der Waals surface area contributed by atoms with Crippen LogP contribution in [-0.2, 0) is 20.0 Å². The Labute approximate surface area is 219 Å². The summed E-state index contributed by atoms with van der Waals surface area (Å²) in [7, 11) is -6.82. The zero-order valence-electron chi connectivity index (χ0n) is 23.0. The third-order valence-electron chi connectivity index (χ3n) is 4.31. The predicted molar refractivity (Wildman–Crippen MR) is 151 cm³/mol. The molecule has 0 heterocycles. The van der Waals surface area contributed by atoms with Crippen molar-refractivity contribution in [2.24, 2.45) is 10.8 Å². The van der Waals surface area contributed by atoms with Gasteiger partial charge in [0.05, 0.1) is 0 Å². The highest BCUT2D eigenvalue weighted by atomic mass is 35.5. The predicted octanol–water partition coefficient (Wildman–Crippen LogP) is 6.71. The number of sulfonamides is 2. The van der Waals surface area contributed by atoms with Crippen LogP contribution in [0.2, 0.25) is 5.02 Å². The van der Waals surface area contributed by atoms with Gasteiger partial charge in [-0.25, -0.2) is 26.3 Å². The number of benzene rings is 1. The molecule has 6 nitrogen and oxygen atoms in total. The van der Waals surface area contributed by atoms with Gasteiger partial charge < -0.3 is 0 Å². The van der Waals surface area contributed by atoms with Crippen LogP contribution in [0.15, 0.2) is 41.7 Å². The van der Waals surface area contributed by atoms with Crippen LogP contribution in [0.4, 0.5) is 0 Å². The first-order chi connectivity index (χ1) is 15.4. The standard InChI is InChI=1S/C16H24ClNO2S.C10H21NO2S/c1-15(2,3)12-16(4,5)18-21(19,20)11-10-13-6-8-14(17)9-7-13;1-7-14(12,13)11-10(5,6)8-9(2,3)4/h6-11,18H,12H2,1-5H3;7,11H,1,8H2,2-6H3/b11-10+;. The molecule has 202 valence electrons. The molecule has 0 radical (unpaired) electrons. The minimum atomic E-state index is -3.48. The third-order valence-corrected chi connectivity index (χ3v) is 7.17. The molecule has 1 aromatic rings. The lowest BCUT2D eigenvalue weighted by molar-refractivity contribution is 0.269. The molecule has 0 amide bonds. The van der Waals surface area contributed by atoms with E-state index in [1.165, 1.54) is 5.41 Å². The van der Waals surface area contributed by atoms with Gasteiger partial charge in [-0.1, -0.05) is 71.9 Å². The van der Waals surface area contributed by atoms with Crippen molar-refractivity contribution in [3.05, 3.63) is 52.2 Å². The largest absolute Gasteiger partial charge is 0.234 e. The van der Waals surface area contributed by atoms with Crippen molar-refractivity contribution in [1.29, 1.82) is 0 Å². The maximum Gasteiger partial charge on any atom is 0.234 e. The maximum atomic E-state index is 12.1. The van der Waals surface area contributed by atoms with E-state index in [2.05, 4.69) is 57.6 Å². The van der Waals surface area contributed by atoms with E-state index in [-0.39, 0.29) is 10.8 Å². The van der Waals surface area contributed by atoms with E-state index in [0.717, 1.165) is 23.8 Å². The van der Waals surface area contributed by atoms with Gasteiger partial charge in [0.15, 0.2) is 0 Å². The molecule has 0 saturated carbocycles. The van der Waals surface area contributed by atoms with Crippen LogP contribution < -0.4 is 9.44 Å². The number of rotatable bonds is 9. The van der Waals surface area contributed by atoms with Crippen LogP contribution in [0.25, 0.3) is 6.08 Å². The molecule has 0 aliphatic carbocycles. The second-order valence-corrected chi connectivity index (χ2v) is 16.2. The lowest BCUT2D eigenvalue weighted by atomic mass is 9.82. The van der Waals surface area contributed by atoms with Gasteiger partial charge in [-0.05, 0) is 75.1 Å². The van der Waals surface area contributed by atoms with Crippen molar-refractivity contribution < 1.29 is 16.8 Å². The van der Waals surface area contributed by atoms with E-state index in [1.807, 2.05) is 27.7 Å². The molecule has 0 aliphatic heterocycles. The molecular weight excluding hydrogens is 504 g/mol. The summed E-state index contributed by atoms with van der Waals surface area (Å²) in [5.74, 6) is 0. The molecular formula is C26H45ClN2O4S2. The smallest absolute Gasteiger partial charge is 0.208 e. The minimum Gasteiger partial charge on any atom is -0.208 e. The molecule has 1 aromatic carbocycles. The molecule has 0 aromatic heterocycles. The second-order valence-electron chi connectivity index (χ2n) is 12.6. The van der Waals surface area contributed by atoms with Crippen molar-refractivity contribution in [2.45, 2.75) is 93.2 Å². The second kappa shape index (κ2) is 12.4. The van der Waals surface area contributed by atoms with E-state index < -0.39 is 31.1 Å². The average Bonchev–Trinajstić information content (AvgIpc) is 2.55. The van der Waals surface area contributed by atoms with Gasteiger partial charge in [0.1, 0.15) is 0 Å². The summed E-state index contributed by atoms with van der Waals surface area (Å²) in [6.07, 6.45) is 3.08. The average molecular weight is 549 g/mol. The molecule has 35 heavy (non-hydrogen) atoms. The Kier molecular flexibility index (Phi) is 11.9. The highest BCUT2D eigenvalue weighted by Gasteiger charge is 2.29. The summed E-state index contributed by atoms with van der Waals surface area (Å²) in [4.78, 5) is 0. The van der Waals surface area contributed by atoms with E-state index >= 15 is 0 Å². The van der Waals surface area contributed by atoms with Crippen LogP contribution in [-0.4, -0.2) is 27.9 Å². The Morgan fingerprint density at radius 2 is 1.11 bits per heavy atom. The first kappa shape index (κ1) is 33.8. The van der Waals surface area contributed by atoms with Crippen molar-refractivity contribution in [2.75, 3.05) is 0 Å². The summed E-state index contributed by atoms with van der Waals surface area (Å²) >= 11 is 5.80. The van der Waals surface area contributed by atoms with E-state index in [0.29, 0.717) is 5.02 Å². The van der Waals surface area contributed by atoms with E-state index in [9.17, 15) is 16.8 Å². The van der Waals surface area contributed by atoms with Gasteiger partial charge in [0, 0.05) is 26.9 Å². The monoisotopic (exact) mass is 548 g/mol. The zero-order valence-corrected chi connectivity index (χ0v) is 25.4. The van der Waals surface area contributed by atoms with Crippen molar-refractivity contribution in [3.8, 4) is 0 Å². The lowest BCUT2D eigenvalue weighted by Crippen LogP contribution is -2.44.